The average molecular weight is 134 g/mol. The summed E-state index contributed by atoms with van der Waals surface area (Å²) >= 11 is 9.95. The van der Waals surface area contributed by atoms with Crippen molar-refractivity contribution in [3.63, 3.8) is 0 Å². The number of aliphatic hydroxyl groups is 1. The molecule has 0 aliphatic heterocycles. The monoisotopic (exact) mass is 133 g/mol. The highest BCUT2D eigenvalue weighted by Gasteiger charge is 1.95. The average Bonchev–Trinajstić information content (AvgIpc) is 1.58. The molecule has 0 saturated carbocycles. The molecule has 0 amide bonds. The maximum absolute atomic E-state index is 8.57. The number of halogens is 2. The van der Waals surface area contributed by atoms with Crippen LogP contribution in [0.5, 0.6) is 0 Å². The van der Waals surface area contributed by atoms with Crippen molar-refractivity contribution in [1.82, 2.24) is 0 Å². The molecule has 1 atom stereocenters. The lowest BCUT2D eigenvalue weighted by Crippen LogP contribution is -2.04. The van der Waals surface area contributed by atoms with Crippen LogP contribution in [-0.4, -0.2) is 22.9 Å². The molecule has 0 aliphatic carbocycles. The molecule has 0 aromatic rings. The van der Waals surface area contributed by atoms with Crippen molar-refractivity contribution in [2.24, 2.45) is 0 Å². The van der Waals surface area contributed by atoms with Gasteiger partial charge in [-0.25, -0.2) is 0 Å². The first-order valence-electron chi connectivity index (χ1n) is 3.60. The van der Waals surface area contributed by atoms with Gasteiger partial charge in [-0.15, -0.1) is 23.2 Å². The van der Waals surface area contributed by atoms with Gasteiger partial charge in [0, 0.05) is 8.57 Å². The fourth-order valence-electron chi connectivity index (χ4n) is 0.0211. The summed E-state index contributed by atoms with van der Waals surface area (Å²) in [6.45, 7) is -3.19. The molecule has 38 valence electrons. The van der Waals surface area contributed by atoms with Gasteiger partial charge in [-0.3, -0.25) is 0 Å². The predicted molar refractivity (Wildman–Crippen MR) is 27.4 cm³/mol. The SMILES string of the molecule is [2H]C([2H])(O)C([2H])(Cl)C([2H])([2H])Cl. The van der Waals surface area contributed by atoms with E-state index in [4.69, 9.17) is 35.2 Å². The lowest BCUT2D eigenvalue weighted by atomic mass is 10.5. The van der Waals surface area contributed by atoms with Crippen LogP contribution in [0, 0.1) is 0 Å². The van der Waals surface area contributed by atoms with Crippen LogP contribution in [0.25, 0.3) is 0 Å². The molecule has 0 saturated heterocycles. The Hall–Kier alpha value is 0.540. The Labute approximate surface area is 53.9 Å². The molecular weight excluding hydrogens is 123 g/mol. The summed E-state index contributed by atoms with van der Waals surface area (Å²) in [7, 11) is 0. The van der Waals surface area contributed by atoms with Gasteiger partial charge in [-0.1, -0.05) is 0 Å². The first-order valence-corrected chi connectivity index (χ1v) is 1.86. The second kappa shape index (κ2) is 3.72. The molecular formula is C3H6Cl2O. The maximum atomic E-state index is 8.57. The summed E-state index contributed by atoms with van der Waals surface area (Å²) in [6, 6.07) is 0. The summed E-state index contributed by atoms with van der Waals surface area (Å²) in [5.74, 6) is -2.84. The van der Waals surface area contributed by atoms with Gasteiger partial charge in [0.15, 0.2) is 0 Å². The van der Waals surface area contributed by atoms with Crippen molar-refractivity contribution in [2.45, 2.75) is 5.35 Å². The van der Waals surface area contributed by atoms with E-state index in [0.29, 0.717) is 0 Å². The van der Waals surface area contributed by atoms with Gasteiger partial charge in [0.05, 0.1) is 16.0 Å². The smallest absolute Gasteiger partial charge is 0.0702 e. The quantitative estimate of drug-likeness (QED) is 0.554. The summed E-state index contributed by atoms with van der Waals surface area (Å²) in [4.78, 5) is 0. The third kappa shape index (κ3) is 2.76. The van der Waals surface area contributed by atoms with Crippen molar-refractivity contribution >= 4 is 23.2 Å². The van der Waals surface area contributed by atoms with Crippen LogP contribution in [0.4, 0.5) is 0 Å². The molecule has 0 rings (SSSR count). The van der Waals surface area contributed by atoms with Gasteiger partial charge in [0.1, 0.15) is 0 Å². The van der Waals surface area contributed by atoms with E-state index in [-0.39, 0.29) is 0 Å². The zero-order valence-electron chi connectivity index (χ0n) is 7.70. The van der Waals surface area contributed by atoms with E-state index >= 15 is 0 Å². The molecule has 1 unspecified atom stereocenters. The summed E-state index contributed by atoms with van der Waals surface area (Å²) in [5, 5.41) is 5.66. The highest BCUT2D eigenvalue weighted by molar-refractivity contribution is 6.28. The Morgan fingerprint density at radius 1 is 2.17 bits per heavy atom. The minimum absolute atomic E-state index is 2.84. The van der Waals surface area contributed by atoms with E-state index < -0.39 is 17.7 Å². The molecule has 1 nitrogen and oxygen atoms in total. The van der Waals surface area contributed by atoms with Crippen LogP contribution in [-0.2, 0) is 0 Å². The fourth-order valence-corrected chi connectivity index (χ4v) is 0.0634. The first kappa shape index (κ1) is 1.81. The number of hydrogen-bond acceptors (Lipinski definition) is 1. The van der Waals surface area contributed by atoms with Gasteiger partial charge in [0.2, 0.25) is 0 Å². The molecule has 0 spiro atoms. The van der Waals surface area contributed by atoms with Crippen molar-refractivity contribution < 1.29 is 12.0 Å². The van der Waals surface area contributed by atoms with Crippen LogP contribution >= 0.6 is 23.2 Å². The minimum Gasteiger partial charge on any atom is -0.395 e. The third-order valence-corrected chi connectivity index (χ3v) is 0.646. The van der Waals surface area contributed by atoms with E-state index in [1.54, 1.807) is 0 Å². The molecule has 0 aromatic heterocycles. The Morgan fingerprint density at radius 2 is 2.67 bits per heavy atom. The second-order valence-corrected chi connectivity index (χ2v) is 1.09. The van der Waals surface area contributed by atoms with E-state index in [1.165, 1.54) is 0 Å². The van der Waals surface area contributed by atoms with Crippen LogP contribution in [0.1, 0.15) is 6.85 Å². The van der Waals surface area contributed by atoms with Gasteiger partial charge >= 0.3 is 0 Å². The molecule has 0 aromatic carbocycles. The van der Waals surface area contributed by atoms with Crippen LogP contribution < -0.4 is 0 Å². The number of hydrogen-bond donors (Lipinski definition) is 1. The lowest BCUT2D eigenvalue weighted by Gasteiger charge is -1.93. The number of alkyl halides is 2. The Kier molecular flexibility index (Phi) is 1.12. The minimum atomic E-state index is -3.19. The predicted octanol–water partition coefficient (Wildman–Crippen LogP) is 0.825. The Morgan fingerprint density at radius 3 is 2.67 bits per heavy atom. The van der Waals surface area contributed by atoms with Crippen LogP contribution in [0.15, 0.2) is 0 Å². The second-order valence-electron chi connectivity index (χ2n) is 0.520. The standard InChI is InChI=1S/C3H6Cl2O/c4-1-3(5)2-6/h3,6H,1-2H2/i1D2,2D2,3D. The molecule has 1 N–H and O–H groups in total. The van der Waals surface area contributed by atoms with Crippen molar-refractivity contribution in [2.75, 3.05) is 12.4 Å². The zero-order valence-corrected chi connectivity index (χ0v) is 4.22. The van der Waals surface area contributed by atoms with E-state index in [1.807, 2.05) is 0 Å². The zero-order chi connectivity index (χ0) is 9.50. The first-order chi connectivity index (χ1) is 4.50. The van der Waals surface area contributed by atoms with E-state index in [0.717, 1.165) is 0 Å². The largest absolute Gasteiger partial charge is 0.395 e. The summed E-state index contributed by atoms with van der Waals surface area (Å²) in [6.07, 6.45) is 0. The van der Waals surface area contributed by atoms with Crippen LogP contribution in [0.2, 0.25) is 0 Å². The highest BCUT2D eigenvalue weighted by atomic mass is 35.5. The van der Waals surface area contributed by atoms with E-state index in [2.05, 4.69) is 0 Å². The van der Waals surface area contributed by atoms with Gasteiger partial charge in [0.25, 0.3) is 0 Å². The van der Waals surface area contributed by atoms with Gasteiger partial charge in [-0.05, 0) is 0 Å². The van der Waals surface area contributed by atoms with E-state index in [9.17, 15) is 0 Å². The third-order valence-electron chi connectivity index (χ3n) is 0.181. The molecule has 0 heterocycles. The van der Waals surface area contributed by atoms with Crippen LogP contribution in [0.3, 0.4) is 0 Å². The van der Waals surface area contributed by atoms with Crippen molar-refractivity contribution in [1.29, 1.82) is 0 Å². The van der Waals surface area contributed by atoms with Gasteiger partial charge in [-0.2, -0.15) is 0 Å². The molecule has 0 radical (unpaired) electrons. The Bertz CT molecular complexity index is 131. The summed E-state index contributed by atoms with van der Waals surface area (Å²) in [5.41, 5.74) is 0. The molecule has 0 bridgehead atoms. The molecule has 0 aliphatic rings. The highest BCUT2D eigenvalue weighted by Crippen LogP contribution is 1.94. The van der Waals surface area contributed by atoms with Gasteiger partial charge < -0.3 is 5.11 Å². The molecule has 6 heavy (non-hydrogen) atoms. The fraction of sp³-hybridized carbons (Fsp3) is 1.00. The molecule has 0 fully saturated rings. The van der Waals surface area contributed by atoms with Crippen molar-refractivity contribution in [3.05, 3.63) is 0 Å². The normalized spacial score (nSPS) is 36.8. The maximum Gasteiger partial charge on any atom is 0.0702 e. The van der Waals surface area contributed by atoms with Crippen molar-refractivity contribution in [3.8, 4) is 0 Å². The number of rotatable bonds is 2. The summed E-state index contributed by atoms with van der Waals surface area (Å²) < 4.78 is 33.4. The lowest BCUT2D eigenvalue weighted by molar-refractivity contribution is 0.299. The Balaban J connectivity index is 4.75. The molecule has 3 heteroatoms. The topological polar surface area (TPSA) is 20.2 Å².